The predicted molar refractivity (Wildman–Crippen MR) is 124 cm³/mol. The molecule has 0 spiro atoms. The molecule has 0 aliphatic carbocycles. The number of piperidine rings is 1. The van der Waals surface area contributed by atoms with E-state index in [4.69, 9.17) is 11.6 Å². The van der Waals surface area contributed by atoms with Crippen LogP contribution >= 0.6 is 11.6 Å². The Morgan fingerprint density at radius 2 is 1.85 bits per heavy atom. The summed E-state index contributed by atoms with van der Waals surface area (Å²) < 4.78 is 38.5. The van der Waals surface area contributed by atoms with Crippen molar-refractivity contribution in [1.29, 1.82) is 0 Å². The third kappa shape index (κ3) is 6.84. The van der Waals surface area contributed by atoms with E-state index in [1.54, 1.807) is 0 Å². The molecule has 1 fully saturated rings. The van der Waals surface area contributed by atoms with Crippen LogP contribution < -0.4 is 10.2 Å². The lowest BCUT2D eigenvalue weighted by Gasteiger charge is -2.32. The minimum Gasteiger partial charge on any atom is -0.355 e. The number of pyridine rings is 1. The van der Waals surface area contributed by atoms with E-state index in [1.807, 2.05) is 17.0 Å². The van der Waals surface area contributed by atoms with Gasteiger partial charge in [0.25, 0.3) is 0 Å². The number of aromatic nitrogens is 1. The summed E-state index contributed by atoms with van der Waals surface area (Å²) in [4.78, 5) is 20.8. The molecule has 1 aromatic carbocycles. The normalized spacial score (nSPS) is 15.2. The number of hydrogen-bond acceptors (Lipinski definition) is 4. The van der Waals surface area contributed by atoms with Crippen molar-refractivity contribution < 1.29 is 18.0 Å². The maximum atomic E-state index is 12.8. The van der Waals surface area contributed by atoms with Crippen molar-refractivity contribution in [1.82, 2.24) is 15.2 Å². The summed E-state index contributed by atoms with van der Waals surface area (Å²) in [6.45, 7) is 8.63. The van der Waals surface area contributed by atoms with Crippen molar-refractivity contribution in [2.45, 2.75) is 46.0 Å². The lowest BCUT2D eigenvalue weighted by Crippen LogP contribution is -2.40. The molecule has 5 nitrogen and oxygen atoms in total. The van der Waals surface area contributed by atoms with E-state index in [-0.39, 0.29) is 16.8 Å². The number of carbonyl (C=O) groups is 1. The van der Waals surface area contributed by atoms with Crippen LogP contribution in [0.5, 0.6) is 0 Å². The van der Waals surface area contributed by atoms with E-state index in [0.717, 1.165) is 37.5 Å². The number of anilines is 1. The summed E-state index contributed by atoms with van der Waals surface area (Å²) in [6.07, 6.45) is -2.50. The van der Waals surface area contributed by atoms with Crippen molar-refractivity contribution in [3.05, 3.63) is 58.2 Å². The van der Waals surface area contributed by atoms with Gasteiger partial charge in [0.2, 0.25) is 5.91 Å². The summed E-state index contributed by atoms with van der Waals surface area (Å²) in [7, 11) is 0. The van der Waals surface area contributed by atoms with Gasteiger partial charge in [0.05, 0.1) is 10.6 Å². The molecule has 0 saturated carbocycles. The smallest absolute Gasteiger partial charge is 0.355 e. The Hall–Kier alpha value is -2.32. The number of amides is 1. The fourth-order valence-corrected chi connectivity index (χ4v) is 4.33. The molecule has 0 bridgehead atoms. The van der Waals surface area contributed by atoms with Gasteiger partial charge >= 0.3 is 6.18 Å². The maximum absolute atomic E-state index is 12.8. The first-order valence-corrected chi connectivity index (χ1v) is 11.6. The van der Waals surface area contributed by atoms with Crippen LogP contribution in [0.2, 0.25) is 5.02 Å². The maximum Gasteiger partial charge on any atom is 0.417 e. The summed E-state index contributed by atoms with van der Waals surface area (Å²) in [5.74, 6) is 0.178. The van der Waals surface area contributed by atoms with Gasteiger partial charge in [-0.2, -0.15) is 13.2 Å². The van der Waals surface area contributed by atoms with Gasteiger partial charge in [-0.3, -0.25) is 9.69 Å². The van der Waals surface area contributed by atoms with Gasteiger partial charge in [-0.1, -0.05) is 49.7 Å². The third-order valence-electron chi connectivity index (χ3n) is 6.07. The quantitative estimate of drug-likeness (QED) is 0.566. The third-order valence-corrected chi connectivity index (χ3v) is 6.35. The molecule has 1 aromatic heterocycles. The molecular formula is C24H30ClF3N4O. The van der Waals surface area contributed by atoms with E-state index in [9.17, 15) is 18.0 Å². The molecule has 0 atom stereocenters. The monoisotopic (exact) mass is 482 g/mol. The number of nitrogens with one attached hydrogen (secondary N) is 1. The Morgan fingerprint density at radius 3 is 2.45 bits per heavy atom. The van der Waals surface area contributed by atoms with Crippen LogP contribution in [0.1, 0.15) is 43.4 Å². The lowest BCUT2D eigenvalue weighted by atomic mass is 9.95. The second-order valence-electron chi connectivity index (χ2n) is 8.29. The Bertz CT molecular complexity index is 942. The highest BCUT2D eigenvalue weighted by atomic mass is 35.5. The van der Waals surface area contributed by atoms with Crippen LogP contribution in [0, 0.1) is 5.92 Å². The zero-order valence-electron chi connectivity index (χ0n) is 19.0. The highest BCUT2D eigenvalue weighted by Crippen LogP contribution is 2.34. The van der Waals surface area contributed by atoms with Crippen molar-refractivity contribution in [2.75, 3.05) is 31.1 Å². The molecule has 1 amide bonds. The van der Waals surface area contributed by atoms with Crippen LogP contribution in [0.3, 0.4) is 0 Å². The minimum absolute atomic E-state index is 0.00438. The molecule has 1 aliphatic rings. The molecule has 33 heavy (non-hydrogen) atoms. The second-order valence-corrected chi connectivity index (χ2v) is 8.69. The van der Waals surface area contributed by atoms with E-state index >= 15 is 0 Å². The number of benzene rings is 1. The highest BCUT2D eigenvalue weighted by Gasteiger charge is 2.33. The number of rotatable bonds is 8. The van der Waals surface area contributed by atoms with E-state index in [1.165, 1.54) is 5.56 Å². The first kappa shape index (κ1) is 25.3. The molecule has 1 N–H and O–H groups in total. The largest absolute Gasteiger partial charge is 0.417 e. The van der Waals surface area contributed by atoms with Gasteiger partial charge in [0.1, 0.15) is 5.82 Å². The van der Waals surface area contributed by atoms with Crippen LogP contribution in [-0.2, 0) is 24.1 Å². The average molecular weight is 483 g/mol. The predicted octanol–water partition coefficient (Wildman–Crippen LogP) is 5.13. The number of carbonyl (C=O) groups excluding carboxylic acids is 1. The molecule has 2 heterocycles. The SMILES string of the molecule is CCN(CC)Cc1cccc(CNC(=O)C2CCN(c3ncc(C(F)(F)F)cc3Cl)CC2)c1. The fraction of sp³-hybridized carbons (Fsp3) is 0.500. The number of hydrogen-bond donors (Lipinski definition) is 1. The van der Waals surface area contributed by atoms with Crippen molar-refractivity contribution in [3.8, 4) is 0 Å². The molecular weight excluding hydrogens is 453 g/mol. The first-order valence-electron chi connectivity index (χ1n) is 11.3. The minimum atomic E-state index is -4.48. The first-order chi connectivity index (χ1) is 15.7. The highest BCUT2D eigenvalue weighted by molar-refractivity contribution is 6.33. The molecule has 3 rings (SSSR count). The van der Waals surface area contributed by atoms with Gasteiger partial charge in [0, 0.05) is 38.3 Å². The van der Waals surface area contributed by atoms with E-state index in [0.29, 0.717) is 38.3 Å². The number of halogens is 4. The van der Waals surface area contributed by atoms with Gasteiger partial charge in [0.15, 0.2) is 0 Å². The topological polar surface area (TPSA) is 48.5 Å². The van der Waals surface area contributed by atoms with Gasteiger partial charge in [-0.05, 0) is 43.1 Å². The second kappa shape index (κ2) is 11.2. The van der Waals surface area contributed by atoms with E-state index in [2.05, 4.69) is 41.2 Å². The Labute approximate surface area is 197 Å². The Balaban J connectivity index is 1.51. The van der Waals surface area contributed by atoms with Crippen LogP contribution in [-0.4, -0.2) is 42.0 Å². The molecule has 9 heteroatoms. The summed E-state index contributed by atoms with van der Waals surface area (Å²) in [5.41, 5.74) is 1.41. The zero-order chi connectivity index (χ0) is 24.0. The number of nitrogens with zero attached hydrogens (tertiary/aromatic N) is 3. The van der Waals surface area contributed by atoms with Gasteiger partial charge < -0.3 is 10.2 Å². The Morgan fingerprint density at radius 1 is 1.18 bits per heavy atom. The lowest BCUT2D eigenvalue weighted by molar-refractivity contribution is -0.137. The number of alkyl halides is 3. The Kier molecular flexibility index (Phi) is 8.59. The zero-order valence-corrected chi connectivity index (χ0v) is 19.7. The standard InChI is InChI=1S/C24H30ClF3N4O/c1-3-31(4-2)16-18-7-5-6-17(12-18)14-30-23(33)19-8-10-32(11-9-19)22-21(25)13-20(15-29-22)24(26,27)28/h5-7,12-13,15,19H,3-4,8-11,14,16H2,1-2H3,(H,30,33). The van der Waals surface area contributed by atoms with Crippen LogP contribution in [0.25, 0.3) is 0 Å². The van der Waals surface area contributed by atoms with Crippen molar-refractivity contribution in [3.63, 3.8) is 0 Å². The molecule has 2 aromatic rings. The van der Waals surface area contributed by atoms with Gasteiger partial charge in [-0.25, -0.2) is 4.98 Å². The van der Waals surface area contributed by atoms with Gasteiger partial charge in [-0.15, -0.1) is 0 Å². The van der Waals surface area contributed by atoms with E-state index < -0.39 is 11.7 Å². The molecule has 180 valence electrons. The van der Waals surface area contributed by atoms with Crippen LogP contribution in [0.4, 0.5) is 19.0 Å². The molecule has 1 saturated heterocycles. The summed E-state index contributed by atoms with van der Waals surface area (Å²) >= 11 is 6.06. The summed E-state index contributed by atoms with van der Waals surface area (Å²) in [6, 6.07) is 9.14. The van der Waals surface area contributed by atoms with Crippen molar-refractivity contribution >= 4 is 23.3 Å². The molecule has 1 aliphatic heterocycles. The average Bonchev–Trinajstić information content (AvgIpc) is 2.80. The van der Waals surface area contributed by atoms with Crippen molar-refractivity contribution in [2.24, 2.45) is 5.92 Å². The van der Waals surface area contributed by atoms with Crippen LogP contribution in [0.15, 0.2) is 36.5 Å². The summed E-state index contributed by atoms with van der Waals surface area (Å²) in [5, 5.41) is 3.00. The molecule has 0 radical (unpaired) electrons. The fourth-order valence-electron chi connectivity index (χ4n) is 4.05. The molecule has 0 unspecified atom stereocenters.